The summed E-state index contributed by atoms with van der Waals surface area (Å²) in [6, 6.07) is 4.98. The van der Waals surface area contributed by atoms with Gasteiger partial charge in [0.2, 0.25) is 11.8 Å². The standard InChI is InChI=1S/C15H14F3N5O2/c16-15(17,18)9-22-8-10(6-13(22)24)14(25)21-11-2-3-12(19-7-11)23-5-1-4-20-23/h1-5,7,10H,6,8-9H2,(H,21,25). The highest BCUT2D eigenvalue weighted by Gasteiger charge is 2.40. The summed E-state index contributed by atoms with van der Waals surface area (Å²) in [4.78, 5) is 28.6. The highest BCUT2D eigenvalue weighted by atomic mass is 19.4. The number of anilines is 1. The van der Waals surface area contributed by atoms with E-state index in [4.69, 9.17) is 0 Å². The molecule has 0 aliphatic carbocycles. The van der Waals surface area contributed by atoms with E-state index in [1.165, 1.54) is 10.9 Å². The maximum absolute atomic E-state index is 12.4. The average Bonchev–Trinajstić information content (AvgIpc) is 3.17. The number of carbonyl (C=O) groups excluding carboxylic acids is 2. The minimum Gasteiger partial charge on any atom is -0.333 e. The number of nitrogens with zero attached hydrogens (tertiary/aromatic N) is 4. The number of rotatable bonds is 4. The lowest BCUT2D eigenvalue weighted by Crippen LogP contribution is -2.36. The normalized spacial score (nSPS) is 17.8. The Kier molecular flexibility index (Phi) is 4.43. The van der Waals surface area contributed by atoms with E-state index < -0.39 is 30.5 Å². The third-order valence-corrected chi connectivity index (χ3v) is 3.71. The molecule has 132 valence electrons. The van der Waals surface area contributed by atoms with Gasteiger partial charge in [0.1, 0.15) is 6.54 Å². The van der Waals surface area contributed by atoms with E-state index in [0.717, 1.165) is 0 Å². The van der Waals surface area contributed by atoms with Crippen LogP contribution in [0.2, 0.25) is 0 Å². The Labute approximate surface area is 140 Å². The second-order valence-corrected chi connectivity index (χ2v) is 5.64. The maximum atomic E-state index is 12.4. The van der Waals surface area contributed by atoms with Gasteiger partial charge in [-0.2, -0.15) is 18.3 Å². The van der Waals surface area contributed by atoms with Gasteiger partial charge < -0.3 is 10.2 Å². The first-order valence-electron chi connectivity index (χ1n) is 7.43. The molecule has 1 fully saturated rings. The minimum absolute atomic E-state index is 0.235. The lowest BCUT2D eigenvalue weighted by atomic mass is 10.1. The number of likely N-dealkylation sites (tertiary alicyclic amines) is 1. The predicted molar refractivity (Wildman–Crippen MR) is 80.7 cm³/mol. The van der Waals surface area contributed by atoms with Gasteiger partial charge in [-0.15, -0.1) is 0 Å². The van der Waals surface area contributed by atoms with E-state index in [-0.39, 0.29) is 13.0 Å². The first kappa shape index (κ1) is 16.9. The number of aromatic nitrogens is 3. The Morgan fingerprint density at radius 3 is 2.76 bits per heavy atom. The van der Waals surface area contributed by atoms with Crippen LogP contribution in [0.1, 0.15) is 6.42 Å². The van der Waals surface area contributed by atoms with Crippen LogP contribution in [0.5, 0.6) is 0 Å². The van der Waals surface area contributed by atoms with Crippen molar-refractivity contribution in [2.24, 2.45) is 5.92 Å². The molecule has 0 aromatic carbocycles. The van der Waals surface area contributed by atoms with E-state index in [1.54, 1.807) is 30.6 Å². The summed E-state index contributed by atoms with van der Waals surface area (Å²) < 4.78 is 38.7. The number of alkyl halides is 3. The van der Waals surface area contributed by atoms with Gasteiger partial charge in [0, 0.05) is 25.4 Å². The minimum atomic E-state index is -4.48. The Balaban J connectivity index is 1.60. The summed E-state index contributed by atoms with van der Waals surface area (Å²) in [5.41, 5.74) is 0.391. The third kappa shape index (κ3) is 4.14. The maximum Gasteiger partial charge on any atom is 0.406 e. The van der Waals surface area contributed by atoms with Crippen molar-refractivity contribution >= 4 is 17.5 Å². The zero-order valence-electron chi connectivity index (χ0n) is 12.9. The van der Waals surface area contributed by atoms with Crippen molar-refractivity contribution in [2.45, 2.75) is 12.6 Å². The lowest BCUT2D eigenvalue weighted by Gasteiger charge is -2.18. The average molecular weight is 353 g/mol. The molecule has 2 aromatic rings. The van der Waals surface area contributed by atoms with Crippen LogP contribution < -0.4 is 5.32 Å². The Morgan fingerprint density at radius 2 is 2.16 bits per heavy atom. The quantitative estimate of drug-likeness (QED) is 0.906. The summed E-state index contributed by atoms with van der Waals surface area (Å²) in [7, 11) is 0. The largest absolute Gasteiger partial charge is 0.406 e. The Hall–Kier alpha value is -2.91. The molecule has 10 heteroatoms. The summed E-state index contributed by atoms with van der Waals surface area (Å²) >= 11 is 0. The smallest absolute Gasteiger partial charge is 0.333 e. The molecule has 0 bridgehead atoms. The number of amides is 2. The molecule has 1 unspecified atom stereocenters. The zero-order valence-corrected chi connectivity index (χ0v) is 12.9. The summed E-state index contributed by atoms with van der Waals surface area (Å²) in [6.07, 6.45) is 0.00823. The topological polar surface area (TPSA) is 80.1 Å². The van der Waals surface area contributed by atoms with Gasteiger partial charge in [0.15, 0.2) is 5.82 Å². The summed E-state index contributed by atoms with van der Waals surface area (Å²) in [6.45, 7) is -1.58. The monoisotopic (exact) mass is 353 g/mol. The van der Waals surface area contributed by atoms with Crippen LogP contribution in [0.3, 0.4) is 0 Å². The second-order valence-electron chi connectivity index (χ2n) is 5.64. The number of pyridine rings is 1. The molecular weight excluding hydrogens is 339 g/mol. The number of hydrogen-bond donors (Lipinski definition) is 1. The van der Waals surface area contributed by atoms with Crippen molar-refractivity contribution in [3.8, 4) is 5.82 Å². The number of hydrogen-bond acceptors (Lipinski definition) is 4. The number of nitrogens with one attached hydrogen (secondary N) is 1. The second kappa shape index (κ2) is 6.54. The molecule has 7 nitrogen and oxygen atoms in total. The van der Waals surface area contributed by atoms with E-state index in [9.17, 15) is 22.8 Å². The van der Waals surface area contributed by atoms with Gasteiger partial charge in [-0.1, -0.05) is 0 Å². The Morgan fingerprint density at radius 1 is 1.36 bits per heavy atom. The number of carbonyl (C=O) groups is 2. The molecule has 0 saturated carbocycles. The van der Waals surface area contributed by atoms with Crippen LogP contribution in [0.15, 0.2) is 36.8 Å². The van der Waals surface area contributed by atoms with Gasteiger partial charge in [-0.05, 0) is 18.2 Å². The van der Waals surface area contributed by atoms with Crippen LogP contribution in [-0.2, 0) is 9.59 Å². The first-order valence-corrected chi connectivity index (χ1v) is 7.43. The summed E-state index contributed by atoms with van der Waals surface area (Å²) in [5.74, 6) is -1.45. The van der Waals surface area contributed by atoms with Gasteiger partial charge in [0.05, 0.1) is 17.8 Å². The lowest BCUT2D eigenvalue weighted by molar-refractivity contribution is -0.157. The van der Waals surface area contributed by atoms with Crippen molar-refractivity contribution in [3.63, 3.8) is 0 Å². The molecule has 25 heavy (non-hydrogen) atoms. The molecule has 1 saturated heterocycles. The van der Waals surface area contributed by atoms with Crippen molar-refractivity contribution in [1.29, 1.82) is 0 Å². The molecule has 2 amide bonds. The number of halogens is 3. The fraction of sp³-hybridized carbons (Fsp3) is 0.333. The van der Waals surface area contributed by atoms with Gasteiger partial charge >= 0.3 is 6.18 Å². The molecule has 1 aliphatic rings. The van der Waals surface area contributed by atoms with E-state index >= 15 is 0 Å². The van der Waals surface area contributed by atoms with Crippen molar-refractivity contribution in [2.75, 3.05) is 18.4 Å². The van der Waals surface area contributed by atoms with Crippen molar-refractivity contribution in [1.82, 2.24) is 19.7 Å². The fourth-order valence-corrected chi connectivity index (χ4v) is 2.56. The van der Waals surface area contributed by atoms with Crippen LogP contribution in [0.25, 0.3) is 5.82 Å². The molecule has 1 aliphatic heterocycles. The van der Waals surface area contributed by atoms with Crippen molar-refractivity contribution in [3.05, 3.63) is 36.8 Å². The molecule has 0 radical (unpaired) electrons. The SMILES string of the molecule is O=C(Nc1ccc(-n2cccn2)nc1)C1CC(=O)N(CC(F)(F)F)C1. The highest BCUT2D eigenvalue weighted by molar-refractivity contribution is 5.97. The van der Waals surface area contributed by atoms with E-state index in [2.05, 4.69) is 15.4 Å². The van der Waals surface area contributed by atoms with Crippen LogP contribution >= 0.6 is 0 Å². The van der Waals surface area contributed by atoms with E-state index in [0.29, 0.717) is 16.4 Å². The van der Waals surface area contributed by atoms with Gasteiger partial charge in [0.25, 0.3) is 0 Å². The molecule has 0 spiro atoms. The highest BCUT2D eigenvalue weighted by Crippen LogP contribution is 2.24. The molecule has 1 N–H and O–H groups in total. The molecule has 1 atom stereocenters. The molecule has 2 aromatic heterocycles. The van der Waals surface area contributed by atoms with E-state index in [1.807, 2.05) is 0 Å². The molecule has 3 rings (SSSR count). The van der Waals surface area contributed by atoms with Gasteiger partial charge in [-0.25, -0.2) is 9.67 Å². The van der Waals surface area contributed by atoms with Gasteiger partial charge in [-0.3, -0.25) is 9.59 Å². The van der Waals surface area contributed by atoms with Crippen LogP contribution in [0.4, 0.5) is 18.9 Å². The zero-order chi connectivity index (χ0) is 18.0. The van der Waals surface area contributed by atoms with Crippen LogP contribution in [-0.4, -0.2) is 50.7 Å². The van der Waals surface area contributed by atoms with Crippen molar-refractivity contribution < 1.29 is 22.8 Å². The fourth-order valence-electron chi connectivity index (χ4n) is 2.56. The first-order chi connectivity index (χ1) is 11.8. The Bertz CT molecular complexity index is 758. The van der Waals surface area contributed by atoms with Crippen LogP contribution in [0, 0.1) is 5.92 Å². The third-order valence-electron chi connectivity index (χ3n) is 3.71. The molecule has 3 heterocycles. The molecular formula is C15H14F3N5O2. The predicted octanol–water partition coefficient (Wildman–Crippen LogP) is 1.62. The summed E-state index contributed by atoms with van der Waals surface area (Å²) in [5, 5.41) is 6.59.